The molecule has 0 bridgehead atoms. The number of hydrogen-bond donors (Lipinski definition) is 3. The Morgan fingerprint density at radius 3 is 2.90 bits per heavy atom. The third-order valence-electron chi connectivity index (χ3n) is 4.73. The van der Waals surface area contributed by atoms with Crippen molar-refractivity contribution in [2.24, 2.45) is 7.05 Å². The zero-order valence-electron chi connectivity index (χ0n) is 15.9. The van der Waals surface area contributed by atoms with E-state index in [0.29, 0.717) is 15.4 Å². The number of carboxylic acid groups (broad SMARTS) is 1. The molecule has 8 nitrogen and oxygen atoms in total. The number of aromatic nitrogens is 3. The molecule has 10 heteroatoms. The lowest BCUT2D eigenvalue weighted by Gasteiger charge is -2.14. The van der Waals surface area contributed by atoms with Gasteiger partial charge in [0, 0.05) is 30.6 Å². The number of nitrogens with one attached hydrogen (secondary N) is 2. The van der Waals surface area contributed by atoms with Crippen LogP contribution in [0.2, 0.25) is 0 Å². The molecule has 1 atom stereocenters. The van der Waals surface area contributed by atoms with Gasteiger partial charge in [0.1, 0.15) is 10.9 Å². The molecule has 0 aliphatic heterocycles. The van der Waals surface area contributed by atoms with E-state index in [4.69, 9.17) is 0 Å². The summed E-state index contributed by atoms with van der Waals surface area (Å²) < 4.78 is 1.40. The summed E-state index contributed by atoms with van der Waals surface area (Å²) in [5, 5.41) is 15.8. The normalized spacial score (nSPS) is 12.3. The molecule has 4 rings (SSSR count). The van der Waals surface area contributed by atoms with Crippen molar-refractivity contribution in [1.82, 2.24) is 19.9 Å². The summed E-state index contributed by atoms with van der Waals surface area (Å²) in [6.07, 6.45) is 1.92. The number of rotatable bonds is 7. The van der Waals surface area contributed by atoms with Crippen LogP contribution in [0.3, 0.4) is 0 Å². The molecule has 1 aromatic carbocycles. The predicted octanol–water partition coefficient (Wildman–Crippen LogP) is 2.38. The van der Waals surface area contributed by atoms with Gasteiger partial charge in [-0.25, -0.2) is 9.78 Å². The van der Waals surface area contributed by atoms with Crippen LogP contribution in [0.15, 0.2) is 51.9 Å². The van der Waals surface area contributed by atoms with Gasteiger partial charge in [0.25, 0.3) is 5.56 Å². The van der Waals surface area contributed by atoms with E-state index in [0.717, 1.165) is 28.2 Å². The molecular formula is C20H18N4O4S2. The summed E-state index contributed by atoms with van der Waals surface area (Å²) in [6.45, 7) is 0. The minimum Gasteiger partial charge on any atom is -0.480 e. The first-order valence-corrected chi connectivity index (χ1v) is 10.9. The average Bonchev–Trinajstić information content (AvgIpc) is 3.36. The number of benzene rings is 1. The van der Waals surface area contributed by atoms with Gasteiger partial charge in [0.2, 0.25) is 5.91 Å². The Hall–Kier alpha value is -3.11. The fourth-order valence-electron chi connectivity index (χ4n) is 3.20. The molecule has 4 aromatic rings. The first kappa shape index (κ1) is 20.2. The summed E-state index contributed by atoms with van der Waals surface area (Å²) >= 11 is 2.46. The predicted molar refractivity (Wildman–Crippen MR) is 117 cm³/mol. The second kappa shape index (κ2) is 8.33. The molecule has 0 aliphatic rings. The maximum absolute atomic E-state index is 12.4. The quantitative estimate of drug-likeness (QED) is 0.299. The largest absolute Gasteiger partial charge is 0.480 e. The van der Waals surface area contributed by atoms with Crippen LogP contribution in [-0.4, -0.2) is 43.3 Å². The van der Waals surface area contributed by atoms with Crippen molar-refractivity contribution in [3.63, 3.8) is 0 Å². The second-order valence-electron chi connectivity index (χ2n) is 6.71. The van der Waals surface area contributed by atoms with E-state index in [9.17, 15) is 19.5 Å². The highest BCUT2D eigenvalue weighted by Gasteiger charge is 2.22. The number of nitrogens with zero attached hydrogens (tertiary/aromatic N) is 2. The Morgan fingerprint density at radius 2 is 2.10 bits per heavy atom. The molecule has 0 unspecified atom stereocenters. The van der Waals surface area contributed by atoms with Gasteiger partial charge in [0.15, 0.2) is 5.16 Å². The molecular weight excluding hydrogens is 424 g/mol. The third-order valence-corrected chi connectivity index (χ3v) is 6.57. The van der Waals surface area contributed by atoms with Crippen LogP contribution in [-0.2, 0) is 23.1 Å². The lowest BCUT2D eigenvalue weighted by atomic mass is 10.1. The molecule has 0 saturated heterocycles. The molecule has 1 amide bonds. The van der Waals surface area contributed by atoms with Gasteiger partial charge in [-0.15, -0.1) is 11.3 Å². The summed E-state index contributed by atoms with van der Waals surface area (Å²) in [5.74, 6) is -1.59. The lowest BCUT2D eigenvalue weighted by molar-refractivity contribution is -0.141. The molecule has 30 heavy (non-hydrogen) atoms. The topological polar surface area (TPSA) is 117 Å². The standard InChI is InChI=1S/C20H18N4O4S2/c1-24-18(26)13-6-7-29-17(13)23-20(24)30-10-16(25)22-15(19(27)28)8-11-9-21-14-5-3-2-4-12(11)14/h2-7,9,15,21H,8,10H2,1H3,(H,22,25)(H,27,28)/t15-/m1/s1. The number of fused-ring (bicyclic) bond motifs is 2. The Bertz CT molecular complexity index is 1310. The smallest absolute Gasteiger partial charge is 0.326 e. The van der Waals surface area contributed by atoms with E-state index in [2.05, 4.69) is 15.3 Å². The van der Waals surface area contributed by atoms with Crippen LogP contribution in [0.1, 0.15) is 5.56 Å². The first-order valence-electron chi connectivity index (χ1n) is 9.08. The number of thiophene rings is 1. The molecule has 0 saturated carbocycles. The van der Waals surface area contributed by atoms with Crippen LogP contribution < -0.4 is 10.9 Å². The van der Waals surface area contributed by atoms with Crippen molar-refractivity contribution in [3.8, 4) is 0 Å². The molecule has 0 radical (unpaired) electrons. The number of carboxylic acids is 1. The van der Waals surface area contributed by atoms with Crippen LogP contribution in [0, 0.1) is 0 Å². The minimum absolute atomic E-state index is 0.0468. The number of amides is 1. The van der Waals surface area contributed by atoms with Crippen molar-refractivity contribution in [1.29, 1.82) is 0 Å². The molecule has 0 spiro atoms. The molecule has 3 heterocycles. The number of H-pyrrole nitrogens is 1. The van der Waals surface area contributed by atoms with E-state index in [1.165, 1.54) is 15.9 Å². The van der Waals surface area contributed by atoms with Crippen LogP contribution in [0.5, 0.6) is 0 Å². The first-order chi connectivity index (χ1) is 14.4. The van der Waals surface area contributed by atoms with Gasteiger partial charge in [-0.2, -0.15) is 0 Å². The van der Waals surface area contributed by atoms with Gasteiger partial charge in [-0.1, -0.05) is 30.0 Å². The van der Waals surface area contributed by atoms with E-state index in [1.54, 1.807) is 24.7 Å². The van der Waals surface area contributed by atoms with Gasteiger partial charge >= 0.3 is 5.97 Å². The molecule has 154 valence electrons. The second-order valence-corrected chi connectivity index (χ2v) is 8.55. The number of aromatic amines is 1. The zero-order chi connectivity index (χ0) is 21.3. The third kappa shape index (κ3) is 3.96. The molecule has 3 aromatic heterocycles. The number of para-hydroxylation sites is 1. The van der Waals surface area contributed by atoms with E-state index >= 15 is 0 Å². The van der Waals surface area contributed by atoms with Crippen molar-refractivity contribution >= 4 is 56.1 Å². The molecule has 3 N–H and O–H groups in total. The maximum atomic E-state index is 12.4. The highest BCUT2D eigenvalue weighted by molar-refractivity contribution is 7.99. The minimum atomic E-state index is -1.11. The Balaban J connectivity index is 1.44. The number of carbonyl (C=O) groups excluding carboxylic acids is 1. The fourth-order valence-corrected chi connectivity index (χ4v) is 4.78. The highest BCUT2D eigenvalue weighted by Crippen LogP contribution is 2.21. The van der Waals surface area contributed by atoms with E-state index < -0.39 is 17.9 Å². The summed E-state index contributed by atoms with van der Waals surface area (Å²) in [4.78, 5) is 44.6. The number of thioether (sulfide) groups is 1. The molecule has 0 fully saturated rings. The van der Waals surface area contributed by atoms with Crippen LogP contribution >= 0.6 is 23.1 Å². The van der Waals surface area contributed by atoms with Crippen molar-refractivity contribution in [3.05, 3.63) is 57.8 Å². The SMILES string of the molecule is Cn1c(SCC(=O)N[C@H](Cc2c[nH]c3ccccc23)C(=O)O)nc2sccc2c1=O. The zero-order valence-corrected chi connectivity index (χ0v) is 17.5. The number of carbonyl (C=O) groups is 2. The lowest BCUT2D eigenvalue weighted by Crippen LogP contribution is -2.43. The van der Waals surface area contributed by atoms with Gasteiger partial charge in [-0.05, 0) is 23.1 Å². The van der Waals surface area contributed by atoms with Gasteiger partial charge in [-0.3, -0.25) is 14.2 Å². The van der Waals surface area contributed by atoms with Crippen LogP contribution in [0.25, 0.3) is 21.1 Å². The van der Waals surface area contributed by atoms with Crippen molar-refractivity contribution in [2.45, 2.75) is 17.6 Å². The Labute approximate surface area is 178 Å². The Morgan fingerprint density at radius 1 is 1.30 bits per heavy atom. The van der Waals surface area contributed by atoms with E-state index in [-0.39, 0.29) is 17.7 Å². The summed E-state index contributed by atoms with van der Waals surface area (Å²) in [7, 11) is 1.60. The summed E-state index contributed by atoms with van der Waals surface area (Å²) in [6, 6.07) is 8.25. The average molecular weight is 443 g/mol. The number of aliphatic carboxylic acids is 1. The highest BCUT2D eigenvalue weighted by atomic mass is 32.2. The summed E-state index contributed by atoms with van der Waals surface area (Å²) in [5.41, 5.74) is 1.56. The van der Waals surface area contributed by atoms with Gasteiger partial charge in [0.05, 0.1) is 11.1 Å². The van der Waals surface area contributed by atoms with Crippen molar-refractivity contribution < 1.29 is 14.7 Å². The van der Waals surface area contributed by atoms with Crippen molar-refractivity contribution in [2.75, 3.05) is 5.75 Å². The number of hydrogen-bond acceptors (Lipinski definition) is 6. The maximum Gasteiger partial charge on any atom is 0.326 e. The van der Waals surface area contributed by atoms with Gasteiger partial charge < -0.3 is 15.4 Å². The van der Waals surface area contributed by atoms with E-state index in [1.807, 2.05) is 24.3 Å². The monoisotopic (exact) mass is 442 g/mol. The fraction of sp³-hybridized carbons (Fsp3) is 0.200. The van der Waals surface area contributed by atoms with Crippen LogP contribution in [0.4, 0.5) is 0 Å². The Kier molecular flexibility index (Phi) is 5.60. The molecule has 0 aliphatic carbocycles.